The molecule has 12 heteroatoms. The number of likely N-dealkylation sites (tertiary alicyclic amines) is 1. The Bertz CT molecular complexity index is 2040. The lowest BCUT2D eigenvalue weighted by Gasteiger charge is -2.40. The molecule has 0 aliphatic carbocycles. The maximum absolute atomic E-state index is 13.9. The molecule has 2 N–H and O–H groups in total. The van der Waals surface area contributed by atoms with Gasteiger partial charge in [-0.15, -0.1) is 5.10 Å². The van der Waals surface area contributed by atoms with Crippen LogP contribution in [0.15, 0.2) is 67.0 Å². The Morgan fingerprint density at radius 3 is 2.50 bits per heavy atom. The quantitative estimate of drug-likeness (QED) is 0.156. The first-order chi connectivity index (χ1) is 22.9. The number of Topliss-reactive ketones (excluding diaryl/α,β-unsaturated/α-hetero) is 1. The molecule has 48 heavy (non-hydrogen) atoms. The van der Waals surface area contributed by atoms with Gasteiger partial charge < -0.3 is 10.6 Å². The van der Waals surface area contributed by atoms with Crippen LogP contribution < -0.4 is 10.6 Å². The van der Waals surface area contributed by atoms with Crippen LogP contribution in [0, 0.1) is 17.1 Å². The van der Waals surface area contributed by atoms with Crippen LogP contribution in [0.5, 0.6) is 0 Å². The zero-order chi connectivity index (χ0) is 34.2. The highest BCUT2D eigenvalue weighted by molar-refractivity contribution is 6.36. The van der Waals surface area contributed by atoms with Gasteiger partial charge in [-0.1, -0.05) is 46.6 Å². The van der Waals surface area contributed by atoms with Crippen molar-refractivity contribution in [1.29, 1.82) is 5.26 Å². The minimum Gasteiger partial charge on any atom is -0.373 e. The highest BCUT2D eigenvalue weighted by Gasteiger charge is 2.29. The van der Waals surface area contributed by atoms with Crippen molar-refractivity contribution < 1.29 is 9.18 Å². The number of pyridine rings is 1. The molecule has 0 radical (unpaired) electrons. The maximum atomic E-state index is 13.9. The molecule has 1 aliphatic rings. The van der Waals surface area contributed by atoms with Crippen molar-refractivity contribution in [1.82, 2.24) is 24.9 Å². The highest BCUT2D eigenvalue weighted by Crippen LogP contribution is 2.37. The Balaban J connectivity index is 1.39. The number of anilines is 3. The number of piperidine rings is 1. The van der Waals surface area contributed by atoms with E-state index in [1.165, 1.54) is 31.3 Å². The first-order valence-corrected chi connectivity index (χ1v) is 16.5. The molecule has 6 rings (SSSR count). The summed E-state index contributed by atoms with van der Waals surface area (Å²) in [7, 11) is 0. The van der Waals surface area contributed by atoms with Crippen molar-refractivity contribution in [3.8, 4) is 6.07 Å². The number of halogens is 3. The van der Waals surface area contributed by atoms with E-state index in [2.05, 4.69) is 57.7 Å². The maximum Gasteiger partial charge on any atom is 0.159 e. The van der Waals surface area contributed by atoms with Gasteiger partial charge in [0.1, 0.15) is 17.6 Å². The normalized spacial score (nSPS) is 14.9. The lowest BCUT2D eigenvalue weighted by molar-refractivity contribution is 0.0865. The van der Waals surface area contributed by atoms with Crippen LogP contribution in [0.1, 0.15) is 79.8 Å². The monoisotopic (exact) mass is 684 g/mol. The predicted octanol–water partition coefficient (Wildman–Crippen LogP) is 8.73. The first-order valence-electron chi connectivity index (χ1n) is 15.7. The summed E-state index contributed by atoms with van der Waals surface area (Å²) in [6.07, 6.45) is 5.33. The molecule has 1 aliphatic heterocycles. The van der Waals surface area contributed by atoms with Crippen molar-refractivity contribution in [2.24, 2.45) is 0 Å². The molecule has 246 valence electrons. The number of hydrogen-bond donors (Lipinski definition) is 2. The number of nitriles is 1. The van der Waals surface area contributed by atoms with E-state index in [0.717, 1.165) is 31.5 Å². The van der Waals surface area contributed by atoms with Crippen LogP contribution in [-0.4, -0.2) is 49.3 Å². The van der Waals surface area contributed by atoms with E-state index in [1.807, 2.05) is 35.1 Å². The Hall–Kier alpha value is -4.56. The van der Waals surface area contributed by atoms with Crippen molar-refractivity contribution in [3.05, 3.63) is 105 Å². The summed E-state index contributed by atoms with van der Waals surface area (Å²) in [5, 5.41) is 26.8. The third-order valence-corrected chi connectivity index (χ3v) is 9.36. The molecule has 1 fully saturated rings. The van der Waals surface area contributed by atoms with Gasteiger partial charge in [-0.25, -0.2) is 9.07 Å². The number of rotatable bonds is 8. The van der Waals surface area contributed by atoms with Gasteiger partial charge in [-0.05, 0) is 82.5 Å². The van der Waals surface area contributed by atoms with Gasteiger partial charge >= 0.3 is 0 Å². The number of carbonyl (C=O) groups excluding carboxylic acids is 1. The van der Waals surface area contributed by atoms with E-state index in [4.69, 9.17) is 23.2 Å². The Morgan fingerprint density at radius 2 is 1.81 bits per heavy atom. The molecule has 5 aromatic rings. The first kappa shape index (κ1) is 33.3. The summed E-state index contributed by atoms with van der Waals surface area (Å²) >= 11 is 12.8. The van der Waals surface area contributed by atoms with Crippen LogP contribution in [0.25, 0.3) is 10.9 Å². The topological polar surface area (TPSA) is 112 Å². The van der Waals surface area contributed by atoms with Gasteiger partial charge in [0.15, 0.2) is 5.78 Å². The molecule has 0 bridgehead atoms. The zero-order valence-corrected chi connectivity index (χ0v) is 28.6. The van der Waals surface area contributed by atoms with E-state index in [1.54, 1.807) is 12.1 Å². The highest BCUT2D eigenvalue weighted by atomic mass is 35.5. The van der Waals surface area contributed by atoms with Gasteiger partial charge in [0.2, 0.25) is 0 Å². The summed E-state index contributed by atoms with van der Waals surface area (Å²) in [6, 6.07) is 17.1. The molecule has 9 nitrogen and oxygen atoms in total. The Kier molecular flexibility index (Phi) is 9.39. The van der Waals surface area contributed by atoms with Crippen molar-refractivity contribution in [3.63, 3.8) is 0 Å². The van der Waals surface area contributed by atoms with E-state index in [0.29, 0.717) is 44.2 Å². The average Bonchev–Trinajstić information content (AvgIpc) is 3.55. The zero-order valence-electron chi connectivity index (χ0n) is 27.1. The van der Waals surface area contributed by atoms with Crippen LogP contribution in [0.4, 0.5) is 21.5 Å². The van der Waals surface area contributed by atoms with Gasteiger partial charge in [0, 0.05) is 47.1 Å². The van der Waals surface area contributed by atoms with Gasteiger partial charge in [0.05, 0.1) is 45.1 Å². The molecule has 0 spiro atoms. The Morgan fingerprint density at radius 1 is 1.06 bits per heavy atom. The third-order valence-electron chi connectivity index (χ3n) is 8.78. The second-order valence-corrected chi connectivity index (χ2v) is 13.9. The molecular weight excluding hydrogens is 650 g/mol. The van der Waals surface area contributed by atoms with Crippen LogP contribution >= 0.6 is 23.2 Å². The fourth-order valence-electron chi connectivity index (χ4n) is 6.11. The van der Waals surface area contributed by atoms with Crippen LogP contribution in [-0.2, 0) is 0 Å². The second kappa shape index (κ2) is 13.5. The standard InChI is InChI=1S/C36H35Cl2FN8O/c1-21(48)22-6-5-7-23(14-22)34(32-20-47(45-44-32)27-10-12-46(13-11-27)36(2,3)4)43-26-15-28-33(42-25-8-9-31(39)29(37)16-25)24(18-40)19-41-35(28)30(38)17-26/h5-9,14-17,19-20,27,34,43H,10-13H2,1-4H3,(H,41,42). The number of fused-ring (bicyclic) bond motifs is 1. The molecule has 1 unspecified atom stereocenters. The van der Waals surface area contributed by atoms with E-state index in [-0.39, 0.29) is 28.0 Å². The Labute approximate surface area is 288 Å². The molecule has 3 aromatic carbocycles. The average molecular weight is 686 g/mol. The molecule has 0 amide bonds. The number of carbonyl (C=O) groups is 1. The number of hydrogen-bond acceptors (Lipinski definition) is 8. The van der Waals surface area contributed by atoms with Gasteiger partial charge in [-0.3, -0.25) is 14.7 Å². The molecule has 1 atom stereocenters. The molecule has 1 saturated heterocycles. The van der Waals surface area contributed by atoms with Crippen LogP contribution in [0.3, 0.4) is 0 Å². The smallest absolute Gasteiger partial charge is 0.159 e. The number of nitrogens with one attached hydrogen (secondary N) is 2. The number of benzene rings is 3. The van der Waals surface area contributed by atoms with Crippen molar-refractivity contribution in [2.45, 2.75) is 58.2 Å². The van der Waals surface area contributed by atoms with Crippen molar-refractivity contribution >= 4 is 57.0 Å². The second-order valence-electron chi connectivity index (χ2n) is 13.0. The summed E-state index contributed by atoms with van der Waals surface area (Å²) < 4.78 is 15.8. The largest absolute Gasteiger partial charge is 0.373 e. The van der Waals surface area contributed by atoms with Gasteiger partial charge in [-0.2, -0.15) is 5.26 Å². The van der Waals surface area contributed by atoms with E-state index in [9.17, 15) is 14.4 Å². The number of aromatic nitrogens is 4. The fourth-order valence-corrected chi connectivity index (χ4v) is 6.56. The SMILES string of the molecule is CC(=O)c1cccc(C(Nc2cc(Cl)c3ncc(C#N)c(Nc4ccc(F)c(Cl)c4)c3c2)c2cn(C3CCN(C(C)(C)C)CC3)nn2)c1. The lowest BCUT2D eigenvalue weighted by Crippen LogP contribution is -2.46. The molecule has 0 saturated carbocycles. The minimum absolute atomic E-state index is 0.0506. The van der Waals surface area contributed by atoms with E-state index < -0.39 is 11.9 Å². The summed E-state index contributed by atoms with van der Waals surface area (Å²) in [4.78, 5) is 19.3. The minimum atomic E-state index is -0.552. The van der Waals surface area contributed by atoms with Crippen LogP contribution in [0.2, 0.25) is 10.0 Å². The predicted molar refractivity (Wildman–Crippen MR) is 188 cm³/mol. The summed E-state index contributed by atoms with van der Waals surface area (Å²) in [5.41, 5.74) is 4.47. The summed E-state index contributed by atoms with van der Waals surface area (Å²) in [5.74, 6) is -0.602. The number of nitrogens with zero attached hydrogens (tertiary/aromatic N) is 6. The fraction of sp³-hybridized carbons (Fsp3) is 0.306. The third kappa shape index (κ3) is 6.99. The molecule has 2 aromatic heterocycles. The lowest BCUT2D eigenvalue weighted by atomic mass is 9.98. The molecular formula is C36H35Cl2FN8O. The van der Waals surface area contributed by atoms with Crippen molar-refractivity contribution in [2.75, 3.05) is 23.7 Å². The van der Waals surface area contributed by atoms with Gasteiger partial charge in [0.25, 0.3) is 0 Å². The van der Waals surface area contributed by atoms with E-state index >= 15 is 0 Å². The molecule has 3 heterocycles. The number of ketones is 1. The summed E-state index contributed by atoms with van der Waals surface area (Å²) in [6.45, 7) is 10.2.